The summed E-state index contributed by atoms with van der Waals surface area (Å²) in [6.45, 7) is 1.48. The summed E-state index contributed by atoms with van der Waals surface area (Å²) in [6.07, 6.45) is 0. The highest BCUT2D eigenvalue weighted by Crippen LogP contribution is 2.07. The molecule has 1 aromatic rings. The lowest BCUT2D eigenvalue weighted by Crippen LogP contribution is -2.44. The van der Waals surface area contributed by atoms with Gasteiger partial charge in [-0.05, 0) is 19.1 Å². The van der Waals surface area contributed by atoms with Gasteiger partial charge in [-0.1, -0.05) is 0 Å². The van der Waals surface area contributed by atoms with Gasteiger partial charge in [0.1, 0.15) is 11.8 Å². The summed E-state index contributed by atoms with van der Waals surface area (Å²) >= 11 is 0. The van der Waals surface area contributed by atoms with E-state index in [-0.39, 0.29) is 12.3 Å². The van der Waals surface area contributed by atoms with Crippen molar-refractivity contribution >= 4 is 18.0 Å². The predicted octanol–water partition coefficient (Wildman–Crippen LogP) is 0.338. The van der Waals surface area contributed by atoms with E-state index in [1.807, 2.05) is 0 Å². The van der Waals surface area contributed by atoms with Crippen LogP contribution >= 0.6 is 0 Å². The zero-order valence-electron chi connectivity index (χ0n) is 10.4. The monoisotopic (exact) mass is 270 g/mol. The normalized spacial score (nSPS) is 11.5. The molecule has 0 radical (unpaired) electrons. The fraction of sp³-hybridized carbons (Fsp3) is 0.364. The molecule has 0 aromatic carbocycles. The second-order valence-electron chi connectivity index (χ2n) is 3.64. The van der Waals surface area contributed by atoms with Gasteiger partial charge in [-0.25, -0.2) is 14.4 Å². The van der Waals surface area contributed by atoms with Crippen LogP contribution < -0.4 is 10.6 Å². The summed E-state index contributed by atoms with van der Waals surface area (Å²) in [5.41, 5.74) is 0. The van der Waals surface area contributed by atoms with Crippen LogP contribution in [-0.2, 0) is 16.1 Å². The number of methoxy groups -OCH3 is 1. The minimum Gasteiger partial charge on any atom is -0.475 e. The summed E-state index contributed by atoms with van der Waals surface area (Å²) < 4.78 is 9.38. The maximum Gasteiger partial charge on any atom is 0.371 e. The smallest absolute Gasteiger partial charge is 0.371 e. The number of carboxylic acid groups (broad SMARTS) is 1. The lowest BCUT2D eigenvalue weighted by molar-refractivity contribution is -0.142. The molecule has 0 aliphatic carbocycles. The minimum absolute atomic E-state index is 0.00695. The first-order valence-corrected chi connectivity index (χ1v) is 5.38. The maximum absolute atomic E-state index is 11.4. The number of hydrogen-bond acceptors (Lipinski definition) is 5. The summed E-state index contributed by atoms with van der Waals surface area (Å²) in [6, 6.07) is 1.35. The maximum atomic E-state index is 11.4. The molecule has 0 saturated heterocycles. The Morgan fingerprint density at radius 1 is 1.42 bits per heavy atom. The third-order valence-electron chi connectivity index (χ3n) is 2.20. The number of aromatic carboxylic acids is 1. The van der Waals surface area contributed by atoms with Crippen molar-refractivity contribution in [2.75, 3.05) is 7.11 Å². The Kier molecular flexibility index (Phi) is 4.92. The van der Waals surface area contributed by atoms with Gasteiger partial charge in [0.15, 0.2) is 0 Å². The Labute approximate surface area is 108 Å². The summed E-state index contributed by atoms with van der Waals surface area (Å²) in [7, 11) is 1.22. The van der Waals surface area contributed by atoms with E-state index in [9.17, 15) is 14.4 Å². The zero-order valence-corrected chi connectivity index (χ0v) is 10.4. The van der Waals surface area contributed by atoms with E-state index < -0.39 is 24.0 Å². The first kappa shape index (κ1) is 14.6. The van der Waals surface area contributed by atoms with Crippen LogP contribution in [0.1, 0.15) is 23.2 Å². The van der Waals surface area contributed by atoms with Gasteiger partial charge in [-0.15, -0.1) is 0 Å². The van der Waals surface area contributed by atoms with Crippen LogP contribution in [0.3, 0.4) is 0 Å². The molecule has 19 heavy (non-hydrogen) atoms. The largest absolute Gasteiger partial charge is 0.475 e. The topological polar surface area (TPSA) is 118 Å². The average Bonchev–Trinajstić information content (AvgIpc) is 2.84. The highest BCUT2D eigenvalue weighted by atomic mass is 16.5. The standard InChI is InChI=1S/C11H14N2O6/c1-6(10(16)18-2)13-11(17)12-5-7-3-4-8(19-7)9(14)15/h3-4,6H,5H2,1-2H3,(H,14,15)(H2,12,13,17). The van der Waals surface area contributed by atoms with E-state index in [2.05, 4.69) is 15.4 Å². The number of carbonyl (C=O) groups is 3. The number of nitrogens with one attached hydrogen (secondary N) is 2. The number of amides is 2. The van der Waals surface area contributed by atoms with Crippen molar-refractivity contribution in [2.24, 2.45) is 0 Å². The van der Waals surface area contributed by atoms with Gasteiger partial charge < -0.3 is 24.9 Å². The first-order valence-electron chi connectivity index (χ1n) is 5.38. The van der Waals surface area contributed by atoms with Crippen LogP contribution in [-0.4, -0.2) is 36.2 Å². The molecule has 1 unspecified atom stereocenters. The van der Waals surface area contributed by atoms with Gasteiger partial charge in [0.05, 0.1) is 13.7 Å². The number of ether oxygens (including phenoxy) is 1. The van der Waals surface area contributed by atoms with Gasteiger partial charge >= 0.3 is 18.0 Å². The number of rotatable bonds is 5. The molecule has 0 aliphatic heterocycles. The quantitative estimate of drug-likeness (QED) is 0.664. The lowest BCUT2D eigenvalue weighted by atomic mass is 10.3. The predicted molar refractivity (Wildman–Crippen MR) is 62.5 cm³/mol. The Morgan fingerprint density at radius 2 is 2.11 bits per heavy atom. The number of esters is 1. The van der Waals surface area contributed by atoms with E-state index >= 15 is 0 Å². The first-order chi connectivity index (χ1) is 8.93. The van der Waals surface area contributed by atoms with Gasteiger partial charge in [0.25, 0.3) is 0 Å². The molecule has 2 amide bonds. The molecule has 1 aromatic heterocycles. The van der Waals surface area contributed by atoms with Crippen molar-refractivity contribution < 1.29 is 28.6 Å². The molecule has 1 rings (SSSR count). The van der Waals surface area contributed by atoms with E-state index in [0.29, 0.717) is 5.76 Å². The second kappa shape index (κ2) is 6.43. The van der Waals surface area contributed by atoms with Crippen molar-refractivity contribution in [3.05, 3.63) is 23.7 Å². The second-order valence-corrected chi connectivity index (χ2v) is 3.64. The van der Waals surface area contributed by atoms with Crippen LogP contribution in [0.15, 0.2) is 16.5 Å². The van der Waals surface area contributed by atoms with Crippen LogP contribution in [0.5, 0.6) is 0 Å². The van der Waals surface area contributed by atoms with Crippen LogP contribution in [0.25, 0.3) is 0 Å². The van der Waals surface area contributed by atoms with Gasteiger partial charge in [-0.2, -0.15) is 0 Å². The molecule has 0 bridgehead atoms. The average molecular weight is 270 g/mol. The third kappa shape index (κ3) is 4.34. The highest BCUT2D eigenvalue weighted by molar-refractivity contribution is 5.84. The molecule has 0 spiro atoms. The Bertz CT molecular complexity index is 481. The number of hydrogen-bond donors (Lipinski definition) is 3. The molecule has 8 nitrogen and oxygen atoms in total. The molecule has 3 N–H and O–H groups in total. The molecule has 0 fully saturated rings. The van der Waals surface area contributed by atoms with E-state index in [1.54, 1.807) is 0 Å². The third-order valence-corrected chi connectivity index (χ3v) is 2.20. The zero-order chi connectivity index (χ0) is 14.4. The molecule has 104 valence electrons. The molecule has 0 aliphatic rings. The lowest BCUT2D eigenvalue weighted by Gasteiger charge is -2.11. The highest BCUT2D eigenvalue weighted by Gasteiger charge is 2.16. The fourth-order valence-electron chi connectivity index (χ4n) is 1.24. The van der Waals surface area contributed by atoms with E-state index in [4.69, 9.17) is 9.52 Å². The van der Waals surface area contributed by atoms with Crippen molar-refractivity contribution in [1.82, 2.24) is 10.6 Å². The molecule has 1 atom stereocenters. The molecular formula is C11H14N2O6. The van der Waals surface area contributed by atoms with Crippen molar-refractivity contribution in [3.8, 4) is 0 Å². The number of carboxylic acids is 1. The van der Waals surface area contributed by atoms with Crippen LogP contribution in [0.2, 0.25) is 0 Å². The van der Waals surface area contributed by atoms with E-state index in [1.165, 1.54) is 26.2 Å². The molecule has 8 heteroatoms. The molecule has 1 heterocycles. The van der Waals surface area contributed by atoms with Crippen LogP contribution in [0.4, 0.5) is 4.79 Å². The molecular weight excluding hydrogens is 256 g/mol. The Morgan fingerprint density at radius 3 is 2.63 bits per heavy atom. The van der Waals surface area contributed by atoms with E-state index in [0.717, 1.165) is 0 Å². The van der Waals surface area contributed by atoms with Crippen LogP contribution in [0, 0.1) is 0 Å². The SMILES string of the molecule is COC(=O)C(C)NC(=O)NCc1ccc(C(=O)O)o1. The molecule has 0 saturated carbocycles. The number of furan rings is 1. The Balaban J connectivity index is 2.41. The minimum atomic E-state index is -1.19. The summed E-state index contributed by atoms with van der Waals surface area (Å²) in [5, 5.41) is 13.4. The van der Waals surface area contributed by atoms with Crippen molar-refractivity contribution in [1.29, 1.82) is 0 Å². The summed E-state index contributed by atoms with van der Waals surface area (Å²) in [5.74, 6) is -1.67. The fourth-order valence-corrected chi connectivity index (χ4v) is 1.24. The number of carbonyl (C=O) groups excluding carboxylic acids is 2. The van der Waals surface area contributed by atoms with Crippen molar-refractivity contribution in [3.63, 3.8) is 0 Å². The van der Waals surface area contributed by atoms with Gasteiger partial charge in [-0.3, -0.25) is 0 Å². The summed E-state index contributed by atoms with van der Waals surface area (Å²) in [4.78, 5) is 33.0. The number of urea groups is 1. The van der Waals surface area contributed by atoms with Crippen molar-refractivity contribution in [2.45, 2.75) is 19.5 Å². The van der Waals surface area contributed by atoms with Gasteiger partial charge in [0.2, 0.25) is 5.76 Å². The Hall–Kier alpha value is -2.51. The van der Waals surface area contributed by atoms with Gasteiger partial charge in [0, 0.05) is 0 Å².